The molecule has 0 aliphatic carbocycles. The quantitative estimate of drug-likeness (QED) is 0.707. The number of methoxy groups -OCH3 is 1. The highest BCUT2D eigenvalue weighted by molar-refractivity contribution is 5.91. The summed E-state index contributed by atoms with van der Waals surface area (Å²) in [6.07, 6.45) is 1.23. The molecule has 2 aromatic carbocycles. The van der Waals surface area contributed by atoms with Crippen LogP contribution in [0.2, 0.25) is 0 Å². The minimum absolute atomic E-state index is 0.0353. The number of likely N-dealkylation sites (tertiary alicyclic amines) is 1. The molecule has 0 aromatic heterocycles. The second-order valence-corrected chi connectivity index (χ2v) is 9.02. The third kappa shape index (κ3) is 3.82. The summed E-state index contributed by atoms with van der Waals surface area (Å²) in [5.41, 5.74) is -0.0604. The summed E-state index contributed by atoms with van der Waals surface area (Å²) in [7, 11) is 1.62. The highest BCUT2D eigenvalue weighted by Gasteiger charge is 2.54. The molecule has 1 unspecified atom stereocenters. The Balaban J connectivity index is 1.37. The number of rotatable bonds is 4. The van der Waals surface area contributed by atoms with Crippen molar-refractivity contribution in [2.45, 2.75) is 30.3 Å². The van der Waals surface area contributed by atoms with Gasteiger partial charge in [0.05, 0.1) is 31.3 Å². The minimum Gasteiger partial charge on any atom is -0.497 e. The van der Waals surface area contributed by atoms with Gasteiger partial charge in [0.25, 0.3) is 0 Å². The summed E-state index contributed by atoms with van der Waals surface area (Å²) in [5, 5.41) is 0. The number of halogens is 1. The van der Waals surface area contributed by atoms with Gasteiger partial charge in [0.2, 0.25) is 5.91 Å². The van der Waals surface area contributed by atoms with Crippen LogP contribution in [0.25, 0.3) is 0 Å². The lowest BCUT2D eigenvalue weighted by Gasteiger charge is -2.39. The Morgan fingerprint density at radius 1 is 1.06 bits per heavy atom. The maximum atomic E-state index is 13.9. The van der Waals surface area contributed by atoms with Gasteiger partial charge in [-0.05, 0) is 48.7 Å². The highest BCUT2D eigenvalue weighted by atomic mass is 19.1. The first-order valence-corrected chi connectivity index (χ1v) is 11.2. The molecule has 0 bridgehead atoms. The smallest absolute Gasteiger partial charge is 0.415 e. The largest absolute Gasteiger partial charge is 0.497 e. The monoisotopic (exact) mass is 454 g/mol. The molecule has 2 amide bonds. The molecule has 3 heterocycles. The first-order chi connectivity index (χ1) is 15.9. The summed E-state index contributed by atoms with van der Waals surface area (Å²) >= 11 is 0. The van der Waals surface area contributed by atoms with Crippen LogP contribution in [0.1, 0.15) is 24.8 Å². The number of hydrogen-bond acceptors (Lipinski definition) is 5. The Morgan fingerprint density at radius 2 is 1.82 bits per heavy atom. The third-order valence-electron chi connectivity index (χ3n) is 7.09. The normalized spacial score (nSPS) is 24.2. The van der Waals surface area contributed by atoms with E-state index in [9.17, 15) is 14.0 Å². The van der Waals surface area contributed by atoms with Crippen molar-refractivity contribution in [3.63, 3.8) is 0 Å². The van der Waals surface area contributed by atoms with Gasteiger partial charge in [0.15, 0.2) is 5.60 Å². The zero-order valence-electron chi connectivity index (χ0n) is 18.6. The van der Waals surface area contributed by atoms with Gasteiger partial charge >= 0.3 is 6.09 Å². The molecule has 2 aromatic rings. The van der Waals surface area contributed by atoms with E-state index in [1.54, 1.807) is 19.2 Å². The molecular weight excluding hydrogens is 427 g/mol. The van der Waals surface area contributed by atoms with Gasteiger partial charge in [-0.3, -0.25) is 9.69 Å². The lowest BCUT2D eigenvalue weighted by molar-refractivity contribution is -0.141. The molecule has 3 aliphatic rings. The molecular formula is C25H27FN2O5. The molecule has 1 spiro atoms. The number of nitrogens with zero attached hydrogens (tertiary/aromatic N) is 2. The van der Waals surface area contributed by atoms with Gasteiger partial charge in [0.1, 0.15) is 11.6 Å². The molecule has 174 valence electrons. The fourth-order valence-electron chi connectivity index (χ4n) is 5.25. The van der Waals surface area contributed by atoms with Crippen LogP contribution in [0.5, 0.6) is 5.75 Å². The molecule has 1 atom stereocenters. The summed E-state index contributed by atoms with van der Waals surface area (Å²) in [5.74, 6) is 0.363. The Bertz CT molecular complexity index is 1050. The number of amides is 2. The Kier molecular flexibility index (Phi) is 5.48. The predicted molar refractivity (Wildman–Crippen MR) is 119 cm³/mol. The van der Waals surface area contributed by atoms with Crippen molar-refractivity contribution < 1.29 is 28.2 Å². The van der Waals surface area contributed by atoms with E-state index in [0.717, 1.165) is 11.3 Å². The first-order valence-electron chi connectivity index (χ1n) is 11.2. The zero-order valence-corrected chi connectivity index (χ0v) is 18.6. The fraction of sp³-hybridized carbons (Fsp3) is 0.440. The van der Waals surface area contributed by atoms with E-state index in [4.69, 9.17) is 14.2 Å². The molecule has 3 aliphatic heterocycles. The van der Waals surface area contributed by atoms with Crippen molar-refractivity contribution in [1.82, 2.24) is 4.90 Å². The van der Waals surface area contributed by atoms with Gasteiger partial charge in [-0.1, -0.05) is 18.2 Å². The number of carbonyl (C=O) groups excluding carboxylic acids is 2. The van der Waals surface area contributed by atoms with E-state index < -0.39 is 22.9 Å². The highest BCUT2D eigenvalue weighted by Crippen LogP contribution is 2.41. The number of anilines is 1. The molecule has 3 fully saturated rings. The minimum atomic E-state index is -0.786. The van der Waals surface area contributed by atoms with Crippen LogP contribution < -0.4 is 9.64 Å². The molecule has 3 saturated heterocycles. The van der Waals surface area contributed by atoms with Crippen LogP contribution in [0.4, 0.5) is 14.9 Å². The molecule has 5 rings (SSSR count). The second kappa shape index (κ2) is 8.33. The molecule has 0 saturated carbocycles. The van der Waals surface area contributed by atoms with Crippen LogP contribution in [0.3, 0.4) is 0 Å². The average Bonchev–Trinajstić information content (AvgIpc) is 3.41. The number of benzene rings is 2. The molecule has 0 radical (unpaired) electrons. The van der Waals surface area contributed by atoms with Gasteiger partial charge in [-0.2, -0.15) is 0 Å². The SMILES string of the molecule is COc1ccc(C2(C(=O)N3CCC4(C3)CN(c3cccc(F)c3)C(=O)O4)CCOCC2)cc1. The summed E-state index contributed by atoms with van der Waals surface area (Å²) in [4.78, 5) is 29.8. The fourth-order valence-corrected chi connectivity index (χ4v) is 5.25. The van der Waals surface area contributed by atoms with E-state index in [1.165, 1.54) is 17.0 Å². The van der Waals surface area contributed by atoms with E-state index in [1.807, 2.05) is 29.2 Å². The molecule has 33 heavy (non-hydrogen) atoms. The summed E-state index contributed by atoms with van der Waals surface area (Å²) < 4.78 is 30.3. The third-order valence-corrected chi connectivity index (χ3v) is 7.09. The predicted octanol–water partition coefficient (Wildman–Crippen LogP) is 3.51. The summed E-state index contributed by atoms with van der Waals surface area (Å²) in [6.45, 7) is 2.14. The average molecular weight is 454 g/mol. The van der Waals surface area contributed by atoms with E-state index >= 15 is 0 Å². The van der Waals surface area contributed by atoms with Gasteiger partial charge in [-0.15, -0.1) is 0 Å². The molecule has 8 heteroatoms. The van der Waals surface area contributed by atoms with E-state index in [-0.39, 0.29) is 12.5 Å². The van der Waals surface area contributed by atoms with Crippen molar-refractivity contribution in [3.05, 3.63) is 59.9 Å². The van der Waals surface area contributed by atoms with Crippen molar-refractivity contribution in [1.29, 1.82) is 0 Å². The van der Waals surface area contributed by atoms with Gasteiger partial charge < -0.3 is 19.1 Å². The summed E-state index contributed by atoms with van der Waals surface area (Å²) in [6, 6.07) is 13.6. The van der Waals surface area contributed by atoms with Crippen LogP contribution in [0.15, 0.2) is 48.5 Å². The van der Waals surface area contributed by atoms with Crippen molar-refractivity contribution in [2.75, 3.05) is 44.9 Å². The van der Waals surface area contributed by atoms with Crippen molar-refractivity contribution >= 4 is 17.7 Å². The zero-order chi connectivity index (χ0) is 23.1. The Labute approximate surface area is 192 Å². The lowest BCUT2D eigenvalue weighted by atomic mass is 9.73. The maximum Gasteiger partial charge on any atom is 0.415 e. The standard InChI is InChI=1S/C25H27FN2O5/c1-31-21-7-5-18(6-8-21)25(10-13-32-14-11-25)22(29)27-12-9-24(16-27)17-28(23(30)33-24)20-4-2-3-19(26)15-20/h2-8,15H,9-14,16-17H2,1H3. The Morgan fingerprint density at radius 3 is 2.52 bits per heavy atom. The van der Waals surface area contributed by atoms with Crippen LogP contribution >= 0.6 is 0 Å². The second-order valence-electron chi connectivity index (χ2n) is 9.02. The molecule has 0 N–H and O–H groups in total. The van der Waals surface area contributed by atoms with Crippen LogP contribution in [-0.4, -0.2) is 62.5 Å². The topological polar surface area (TPSA) is 68.3 Å². The van der Waals surface area contributed by atoms with E-state index in [0.29, 0.717) is 51.3 Å². The Hall–Kier alpha value is -3.13. The van der Waals surface area contributed by atoms with Gasteiger partial charge in [0, 0.05) is 26.2 Å². The van der Waals surface area contributed by atoms with Crippen molar-refractivity contribution in [3.8, 4) is 5.75 Å². The van der Waals surface area contributed by atoms with Crippen LogP contribution in [-0.2, 0) is 19.7 Å². The first kappa shape index (κ1) is 21.7. The van der Waals surface area contributed by atoms with Crippen LogP contribution in [0, 0.1) is 5.82 Å². The number of carbonyl (C=O) groups is 2. The molecule has 7 nitrogen and oxygen atoms in total. The van der Waals surface area contributed by atoms with Crippen molar-refractivity contribution in [2.24, 2.45) is 0 Å². The number of hydrogen-bond donors (Lipinski definition) is 0. The lowest BCUT2D eigenvalue weighted by Crippen LogP contribution is -2.50. The van der Waals surface area contributed by atoms with Gasteiger partial charge in [-0.25, -0.2) is 9.18 Å². The maximum absolute atomic E-state index is 13.9. The number of ether oxygens (including phenoxy) is 3. The van der Waals surface area contributed by atoms with E-state index in [2.05, 4.69) is 0 Å².